The van der Waals surface area contributed by atoms with Crippen molar-refractivity contribution in [1.29, 1.82) is 0 Å². The summed E-state index contributed by atoms with van der Waals surface area (Å²) in [6, 6.07) is 90.7. The first-order valence-corrected chi connectivity index (χ1v) is 27.1. The molecule has 0 atom stereocenters. The van der Waals surface area contributed by atoms with Gasteiger partial charge in [0.1, 0.15) is 0 Å². The van der Waals surface area contributed by atoms with Gasteiger partial charge in [0.2, 0.25) is 0 Å². The van der Waals surface area contributed by atoms with E-state index in [9.17, 15) is 0 Å². The summed E-state index contributed by atoms with van der Waals surface area (Å²) in [6.07, 6.45) is 0. The van der Waals surface area contributed by atoms with E-state index in [0.29, 0.717) is 0 Å². The van der Waals surface area contributed by atoms with E-state index in [4.69, 9.17) is 0 Å². The standard InChI is InChI=1S/C70H48N2S2/c1-45-31-35-52(36-32-45)71(64-29-15-39-73-64)69-60-25-11-7-21-56(60)67(57-22-8-12-26-61(57)69)50-42-49(66-54-19-5-3-17-47(54)41-48-18-4-6-20-55(48)66)43-51(44-50)68-58-23-9-13-27-62(58)70(63-28-14-10-24-59(63)68)72(65-30-16-40-74-65)53-37-33-46(2)34-38-53/h3-44H,1-2H3. The van der Waals surface area contributed by atoms with Gasteiger partial charge in [0, 0.05) is 32.9 Å². The predicted octanol–water partition coefficient (Wildman–Crippen LogP) is 21.3. The van der Waals surface area contributed by atoms with Gasteiger partial charge in [-0.15, -0.1) is 22.7 Å². The largest absolute Gasteiger partial charge is 0.301 e. The lowest BCUT2D eigenvalue weighted by molar-refractivity contribution is 1.33. The molecule has 0 aliphatic heterocycles. The second-order valence-electron chi connectivity index (χ2n) is 19.4. The number of nitrogens with zero attached hydrogens (tertiary/aromatic N) is 2. The first kappa shape index (κ1) is 43.9. The average Bonchev–Trinajstić information content (AvgIpc) is 4.20. The van der Waals surface area contributed by atoms with Gasteiger partial charge in [0.05, 0.1) is 21.4 Å². The van der Waals surface area contributed by atoms with Gasteiger partial charge in [-0.2, -0.15) is 0 Å². The van der Waals surface area contributed by atoms with Crippen molar-refractivity contribution in [2.24, 2.45) is 0 Å². The van der Waals surface area contributed by atoms with E-state index >= 15 is 0 Å². The molecule has 2 nitrogen and oxygen atoms in total. The maximum Gasteiger partial charge on any atom is 0.0999 e. The van der Waals surface area contributed by atoms with Crippen molar-refractivity contribution in [3.63, 3.8) is 0 Å². The molecule has 0 saturated carbocycles. The Bertz CT molecular complexity index is 4050. The van der Waals surface area contributed by atoms with Crippen LogP contribution in [-0.4, -0.2) is 0 Å². The van der Waals surface area contributed by atoms with Gasteiger partial charge in [0.25, 0.3) is 0 Å². The van der Waals surface area contributed by atoms with Gasteiger partial charge in [-0.05, 0) is 174 Å². The van der Waals surface area contributed by atoms with E-state index in [0.717, 1.165) is 11.4 Å². The summed E-state index contributed by atoms with van der Waals surface area (Å²) in [5.74, 6) is 0. The van der Waals surface area contributed by atoms with Crippen molar-refractivity contribution >= 4 is 120 Å². The highest BCUT2D eigenvalue weighted by Crippen LogP contribution is 2.53. The van der Waals surface area contributed by atoms with Gasteiger partial charge in [-0.1, -0.05) is 181 Å². The number of benzene rings is 12. The number of hydrogen-bond acceptors (Lipinski definition) is 4. The summed E-state index contributed by atoms with van der Waals surface area (Å²) < 4.78 is 0. The molecular weight excluding hydrogens is 933 g/mol. The van der Waals surface area contributed by atoms with E-state index in [1.807, 2.05) is 0 Å². The lowest BCUT2D eigenvalue weighted by atomic mass is 9.83. The van der Waals surface area contributed by atoms with Crippen molar-refractivity contribution in [3.05, 3.63) is 265 Å². The Hall–Kier alpha value is -8.80. The van der Waals surface area contributed by atoms with Crippen molar-refractivity contribution < 1.29 is 0 Å². The summed E-state index contributed by atoms with van der Waals surface area (Å²) in [5.41, 5.74) is 14.3. The van der Waals surface area contributed by atoms with Crippen LogP contribution in [-0.2, 0) is 0 Å². The molecule has 0 spiro atoms. The predicted molar refractivity (Wildman–Crippen MR) is 322 cm³/mol. The molecule has 0 fully saturated rings. The van der Waals surface area contributed by atoms with Gasteiger partial charge >= 0.3 is 0 Å². The number of aryl methyl sites for hydroxylation is 2. The van der Waals surface area contributed by atoms with Gasteiger partial charge in [-0.3, -0.25) is 0 Å². The normalized spacial score (nSPS) is 11.6. The van der Waals surface area contributed by atoms with Gasteiger partial charge in [-0.25, -0.2) is 0 Å². The van der Waals surface area contributed by atoms with Crippen LogP contribution < -0.4 is 9.80 Å². The molecule has 12 aromatic carbocycles. The molecule has 0 aliphatic carbocycles. The topological polar surface area (TPSA) is 6.48 Å². The van der Waals surface area contributed by atoms with E-state index in [1.165, 1.54) is 131 Å². The molecule has 0 radical (unpaired) electrons. The van der Waals surface area contributed by atoms with Crippen LogP contribution in [0.4, 0.5) is 32.8 Å². The van der Waals surface area contributed by atoms with Gasteiger partial charge in [0.15, 0.2) is 0 Å². The molecule has 350 valence electrons. The van der Waals surface area contributed by atoms with Crippen LogP contribution in [0.2, 0.25) is 0 Å². The fraction of sp³-hybridized carbons (Fsp3) is 0.0286. The molecule has 0 amide bonds. The zero-order valence-corrected chi connectivity index (χ0v) is 42.6. The fourth-order valence-electron chi connectivity index (χ4n) is 11.6. The summed E-state index contributed by atoms with van der Waals surface area (Å²) in [6.45, 7) is 4.32. The number of hydrogen-bond donors (Lipinski definition) is 0. The molecule has 4 heteroatoms. The Morgan fingerprint density at radius 3 is 0.892 bits per heavy atom. The first-order chi connectivity index (χ1) is 36.6. The molecule has 0 bridgehead atoms. The Kier molecular flexibility index (Phi) is 10.7. The Morgan fingerprint density at radius 2 is 0.568 bits per heavy atom. The minimum absolute atomic E-state index is 1.13. The van der Waals surface area contributed by atoms with Crippen molar-refractivity contribution in [3.8, 4) is 33.4 Å². The van der Waals surface area contributed by atoms with Crippen molar-refractivity contribution in [2.45, 2.75) is 13.8 Å². The Balaban J connectivity index is 1.12. The highest BCUT2D eigenvalue weighted by Gasteiger charge is 2.26. The van der Waals surface area contributed by atoms with Crippen LogP contribution in [0.25, 0.3) is 98.0 Å². The van der Waals surface area contributed by atoms with E-state index in [1.54, 1.807) is 22.7 Å². The van der Waals surface area contributed by atoms with Crippen molar-refractivity contribution in [2.75, 3.05) is 9.80 Å². The maximum absolute atomic E-state index is 2.49. The summed E-state index contributed by atoms with van der Waals surface area (Å²) >= 11 is 3.54. The summed E-state index contributed by atoms with van der Waals surface area (Å²) in [7, 11) is 0. The Morgan fingerprint density at radius 1 is 0.270 bits per heavy atom. The maximum atomic E-state index is 2.49. The molecule has 2 heterocycles. The zero-order valence-electron chi connectivity index (χ0n) is 41.0. The highest BCUT2D eigenvalue weighted by molar-refractivity contribution is 7.14. The molecule has 0 aliphatic rings. The molecule has 0 unspecified atom stereocenters. The first-order valence-electron chi connectivity index (χ1n) is 25.3. The van der Waals surface area contributed by atoms with Gasteiger partial charge < -0.3 is 9.80 Å². The number of anilines is 6. The van der Waals surface area contributed by atoms with Crippen LogP contribution in [0, 0.1) is 13.8 Å². The monoisotopic (exact) mass is 980 g/mol. The number of fused-ring (bicyclic) bond motifs is 6. The molecule has 2 aromatic heterocycles. The minimum atomic E-state index is 1.13. The van der Waals surface area contributed by atoms with E-state index in [2.05, 4.69) is 277 Å². The molecule has 0 N–H and O–H groups in total. The fourth-order valence-corrected chi connectivity index (χ4v) is 13.1. The van der Waals surface area contributed by atoms with Crippen molar-refractivity contribution in [1.82, 2.24) is 0 Å². The third kappa shape index (κ3) is 7.29. The molecule has 14 aromatic rings. The van der Waals surface area contributed by atoms with Crippen LogP contribution in [0.1, 0.15) is 11.1 Å². The minimum Gasteiger partial charge on any atom is -0.301 e. The lowest BCUT2D eigenvalue weighted by Gasteiger charge is -2.29. The molecule has 0 saturated heterocycles. The lowest BCUT2D eigenvalue weighted by Crippen LogP contribution is -2.10. The molecule has 74 heavy (non-hydrogen) atoms. The van der Waals surface area contributed by atoms with Crippen LogP contribution in [0.3, 0.4) is 0 Å². The highest BCUT2D eigenvalue weighted by atomic mass is 32.1. The second-order valence-corrected chi connectivity index (χ2v) is 21.2. The van der Waals surface area contributed by atoms with E-state index in [-0.39, 0.29) is 0 Å². The number of thiophene rings is 2. The van der Waals surface area contributed by atoms with Crippen LogP contribution in [0.5, 0.6) is 0 Å². The third-order valence-electron chi connectivity index (χ3n) is 14.9. The van der Waals surface area contributed by atoms with Crippen LogP contribution in [0.15, 0.2) is 253 Å². The quantitative estimate of drug-likeness (QED) is 0.133. The summed E-state index contributed by atoms with van der Waals surface area (Å²) in [5, 5.41) is 21.2. The number of rotatable bonds is 9. The smallest absolute Gasteiger partial charge is 0.0999 e. The molecule has 14 rings (SSSR count). The zero-order chi connectivity index (χ0) is 49.3. The van der Waals surface area contributed by atoms with Crippen LogP contribution >= 0.6 is 22.7 Å². The SMILES string of the molecule is Cc1ccc(N(c2cccs2)c2c3ccccc3c(-c3cc(-c4c5ccccc5cc5ccccc45)cc(-c4c5ccccc5c(N(c5ccc(C)cc5)c5cccs5)c5ccccc45)c3)c3ccccc23)cc1. The Labute approximate surface area is 438 Å². The summed E-state index contributed by atoms with van der Waals surface area (Å²) in [4.78, 5) is 4.94. The third-order valence-corrected chi connectivity index (χ3v) is 16.6. The average molecular weight is 981 g/mol. The molecular formula is C70H48N2S2. The van der Waals surface area contributed by atoms with E-state index < -0.39 is 0 Å². The second kappa shape index (κ2) is 18.0.